The molecule has 25 heavy (non-hydrogen) atoms. The minimum atomic E-state index is -3.07. The summed E-state index contributed by atoms with van der Waals surface area (Å²) in [5, 5.41) is 7.55. The molecule has 10 heteroatoms. The Bertz CT molecular complexity index is 750. The number of ether oxygens (including phenoxy) is 2. The average molecular weight is 371 g/mol. The van der Waals surface area contributed by atoms with Gasteiger partial charge in [-0.25, -0.2) is 13.2 Å². The van der Waals surface area contributed by atoms with E-state index < -0.39 is 27.8 Å². The highest BCUT2D eigenvalue weighted by Gasteiger charge is 2.28. The fourth-order valence-electron chi connectivity index (χ4n) is 2.40. The number of methoxy groups -OCH3 is 2. The van der Waals surface area contributed by atoms with Gasteiger partial charge in [0.05, 0.1) is 38.0 Å². The molecule has 1 atom stereocenters. The minimum absolute atomic E-state index is 0.0652. The molecule has 1 aliphatic heterocycles. The molecule has 0 radical (unpaired) electrons. The highest BCUT2D eigenvalue weighted by molar-refractivity contribution is 7.91. The lowest BCUT2D eigenvalue weighted by atomic mass is 10.2. The molecule has 1 aromatic carbocycles. The molecule has 3 amide bonds. The van der Waals surface area contributed by atoms with Crippen LogP contribution < -0.4 is 25.4 Å². The number of benzene rings is 1. The summed E-state index contributed by atoms with van der Waals surface area (Å²) in [4.78, 5) is 23.7. The Morgan fingerprint density at radius 3 is 2.60 bits per heavy atom. The molecule has 1 aromatic rings. The predicted octanol–water partition coefficient (Wildman–Crippen LogP) is 0.129. The quantitative estimate of drug-likeness (QED) is 0.653. The number of nitrogens with one attached hydrogen (secondary N) is 3. The van der Waals surface area contributed by atoms with Crippen LogP contribution in [0.15, 0.2) is 18.2 Å². The summed E-state index contributed by atoms with van der Waals surface area (Å²) in [6, 6.07) is 3.90. The Kier molecular flexibility index (Phi) is 6.07. The van der Waals surface area contributed by atoms with Gasteiger partial charge in [-0.15, -0.1) is 0 Å². The van der Waals surface area contributed by atoms with E-state index in [-0.39, 0.29) is 18.1 Å². The molecule has 3 N–H and O–H groups in total. The molecule has 0 bridgehead atoms. The van der Waals surface area contributed by atoms with Crippen LogP contribution >= 0.6 is 0 Å². The fourth-order valence-corrected chi connectivity index (χ4v) is 4.08. The lowest BCUT2D eigenvalue weighted by molar-refractivity contribution is -0.115. The van der Waals surface area contributed by atoms with Gasteiger partial charge in [-0.3, -0.25) is 4.79 Å². The smallest absolute Gasteiger partial charge is 0.315 e. The van der Waals surface area contributed by atoms with Crippen molar-refractivity contribution in [2.24, 2.45) is 0 Å². The van der Waals surface area contributed by atoms with E-state index in [1.54, 1.807) is 18.2 Å². The van der Waals surface area contributed by atoms with Crippen LogP contribution in [0.2, 0.25) is 0 Å². The van der Waals surface area contributed by atoms with Gasteiger partial charge >= 0.3 is 6.03 Å². The fraction of sp³-hybridized carbons (Fsp3) is 0.467. The van der Waals surface area contributed by atoms with Crippen molar-refractivity contribution in [2.45, 2.75) is 12.5 Å². The van der Waals surface area contributed by atoms with Crippen molar-refractivity contribution >= 4 is 27.5 Å². The van der Waals surface area contributed by atoms with Gasteiger partial charge in [0.1, 0.15) is 11.5 Å². The summed E-state index contributed by atoms with van der Waals surface area (Å²) in [5.74, 6) is 0.551. The summed E-state index contributed by atoms with van der Waals surface area (Å²) >= 11 is 0. The maximum atomic E-state index is 11.9. The van der Waals surface area contributed by atoms with Crippen LogP contribution in [0.25, 0.3) is 0 Å². The molecule has 138 valence electrons. The number of amides is 3. The number of hydrogen-bond acceptors (Lipinski definition) is 6. The number of hydrogen-bond donors (Lipinski definition) is 3. The third-order valence-electron chi connectivity index (χ3n) is 3.66. The highest BCUT2D eigenvalue weighted by atomic mass is 32.2. The molecule has 9 nitrogen and oxygen atoms in total. The van der Waals surface area contributed by atoms with Gasteiger partial charge < -0.3 is 25.4 Å². The van der Waals surface area contributed by atoms with Gasteiger partial charge in [0.25, 0.3) is 0 Å². The van der Waals surface area contributed by atoms with E-state index in [9.17, 15) is 18.0 Å². The van der Waals surface area contributed by atoms with E-state index in [2.05, 4.69) is 16.0 Å². The topological polar surface area (TPSA) is 123 Å². The molecule has 0 spiro atoms. The number of urea groups is 1. The molecule has 1 heterocycles. The monoisotopic (exact) mass is 371 g/mol. The molecule has 0 saturated carbocycles. The first-order chi connectivity index (χ1) is 11.8. The first-order valence-electron chi connectivity index (χ1n) is 7.59. The predicted molar refractivity (Wildman–Crippen MR) is 91.8 cm³/mol. The average Bonchev–Trinajstić information content (AvgIpc) is 2.91. The van der Waals surface area contributed by atoms with Crippen molar-refractivity contribution in [3.63, 3.8) is 0 Å². The summed E-state index contributed by atoms with van der Waals surface area (Å²) in [6.07, 6.45) is 0.380. The van der Waals surface area contributed by atoms with Gasteiger partial charge in [-0.1, -0.05) is 0 Å². The molecule has 2 rings (SSSR count). The third kappa shape index (κ3) is 5.52. The van der Waals surface area contributed by atoms with Crippen LogP contribution in [0, 0.1) is 0 Å². The lowest BCUT2D eigenvalue weighted by Gasteiger charge is -2.13. The van der Waals surface area contributed by atoms with E-state index in [4.69, 9.17) is 9.47 Å². The van der Waals surface area contributed by atoms with E-state index in [0.29, 0.717) is 23.6 Å². The molecule has 1 fully saturated rings. The van der Waals surface area contributed by atoms with E-state index in [1.165, 1.54) is 14.2 Å². The summed E-state index contributed by atoms with van der Waals surface area (Å²) in [6.45, 7) is -0.263. The number of rotatable bonds is 6. The van der Waals surface area contributed by atoms with Gasteiger partial charge in [0, 0.05) is 12.1 Å². The van der Waals surface area contributed by atoms with E-state index in [0.717, 1.165) is 0 Å². The minimum Gasteiger partial charge on any atom is -0.497 e. The van der Waals surface area contributed by atoms with Crippen molar-refractivity contribution < 1.29 is 27.5 Å². The maximum Gasteiger partial charge on any atom is 0.315 e. The molecule has 0 unspecified atom stereocenters. The Morgan fingerprint density at radius 2 is 2.00 bits per heavy atom. The van der Waals surface area contributed by atoms with Crippen molar-refractivity contribution in [1.29, 1.82) is 0 Å². The summed E-state index contributed by atoms with van der Waals surface area (Å²) < 4.78 is 32.9. The first-order valence-corrected chi connectivity index (χ1v) is 9.42. The SMILES string of the molecule is COc1ccc(NC(=O)CNC(=O)N[C@@H]2CCS(=O)(=O)C2)c(OC)c1. The highest BCUT2D eigenvalue weighted by Crippen LogP contribution is 2.28. The van der Waals surface area contributed by atoms with Crippen LogP contribution in [0.5, 0.6) is 11.5 Å². The van der Waals surface area contributed by atoms with E-state index >= 15 is 0 Å². The van der Waals surface area contributed by atoms with Crippen LogP contribution in [0.1, 0.15) is 6.42 Å². The summed E-state index contributed by atoms with van der Waals surface area (Å²) in [7, 11) is -0.0894. The Morgan fingerprint density at radius 1 is 1.24 bits per heavy atom. The number of anilines is 1. The number of carbonyl (C=O) groups is 2. The third-order valence-corrected chi connectivity index (χ3v) is 5.43. The molecule has 0 aromatic heterocycles. The molecule has 0 aliphatic carbocycles. The number of carbonyl (C=O) groups excluding carboxylic acids is 2. The Hall–Kier alpha value is -2.49. The Balaban J connectivity index is 1.81. The van der Waals surface area contributed by atoms with Crippen LogP contribution in [-0.2, 0) is 14.6 Å². The van der Waals surface area contributed by atoms with Crippen molar-refractivity contribution in [3.05, 3.63) is 18.2 Å². The number of sulfone groups is 1. The van der Waals surface area contributed by atoms with Crippen molar-refractivity contribution in [3.8, 4) is 11.5 Å². The van der Waals surface area contributed by atoms with Gasteiger partial charge in [0.15, 0.2) is 9.84 Å². The second-order valence-corrected chi connectivity index (χ2v) is 7.77. The van der Waals surface area contributed by atoms with Crippen LogP contribution in [0.3, 0.4) is 0 Å². The standard InChI is InChI=1S/C15H21N3O6S/c1-23-11-3-4-12(13(7-11)24-2)18-14(19)8-16-15(20)17-10-5-6-25(21,22)9-10/h3-4,7,10H,5-6,8-9H2,1-2H3,(H,18,19)(H2,16,17,20)/t10-/m1/s1. The largest absolute Gasteiger partial charge is 0.497 e. The van der Waals surface area contributed by atoms with Crippen molar-refractivity contribution in [2.75, 3.05) is 37.6 Å². The normalized spacial score (nSPS) is 18.2. The maximum absolute atomic E-state index is 11.9. The molecule has 1 saturated heterocycles. The van der Waals surface area contributed by atoms with Gasteiger partial charge in [0.2, 0.25) is 5.91 Å². The van der Waals surface area contributed by atoms with Crippen LogP contribution in [-0.4, -0.2) is 58.7 Å². The molecular formula is C15H21N3O6S. The molecular weight excluding hydrogens is 350 g/mol. The van der Waals surface area contributed by atoms with Gasteiger partial charge in [-0.05, 0) is 18.6 Å². The van der Waals surface area contributed by atoms with Crippen molar-refractivity contribution in [1.82, 2.24) is 10.6 Å². The molecule has 1 aliphatic rings. The Labute approximate surface area is 146 Å². The zero-order chi connectivity index (χ0) is 18.4. The first kappa shape index (κ1) is 18.8. The van der Waals surface area contributed by atoms with Crippen LogP contribution in [0.4, 0.5) is 10.5 Å². The zero-order valence-corrected chi connectivity index (χ0v) is 14.8. The van der Waals surface area contributed by atoms with Gasteiger partial charge in [-0.2, -0.15) is 0 Å². The summed E-state index contributed by atoms with van der Waals surface area (Å²) in [5.41, 5.74) is 0.442. The van der Waals surface area contributed by atoms with E-state index in [1.807, 2.05) is 0 Å². The second-order valence-electron chi connectivity index (χ2n) is 5.54. The zero-order valence-electron chi connectivity index (χ0n) is 14.0. The second kappa shape index (κ2) is 8.06. The lowest BCUT2D eigenvalue weighted by Crippen LogP contribution is -2.45.